The van der Waals surface area contributed by atoms with Crippen molar-refractivity contribution in [1.82, 2.24) is 9.97 Å². The number of rotatable bonds is 3. The van der Waals surface area contributed by atoms with Gasteiger partial charge in [0.1, 0.15) is 5.82 Å². The minimum atomic E-state index is -0.116. The van der Waals surface area contributed by atoms with Crippen LogP contribution in [0.25, 0.3) is 22.2 Å². The maximum absolute atomic E-state index is 12.5. The number of nitrogens with one attached hydrogen (secondary N) is 1. The molecule has 1 aromatic carbocycles. The Morgan fingerprint density at radius 3 is 2.81 bits per heavy atom. The summed E-state index contributed by atoms with van der Waals surface area (Å²) in [5.41, 5.74) is 3.33. The molecule has 2 aromatic heterocycles. The summed E-state index contributed by atoms with van der Waals surface area (Å²) < 4.78 is 5.23. The zero-order valence-electron chi connectivity index (χ0n) is 16.1. The summed E-state index contributed by atoms with van der Waals surface area (Å²) in [7, 11) is 1.52. The Morgan fingerprint density at radius 1 is 1.26 bits per heavy atom. The van der Waals surface area contributed by atoms with Gasteiger partial charge >= 0.3 is 0 Å². The Kier molecular flexibility index (Phi) is 4.60. The Balaban J connectivity index is 1.93. The molecule has 0 saturated carbocycles. The molecule has 1 atom stereocenters. The second kappa shape index (κ2) is 7.06. The molecule has 0 radical (unpaired) electrons. The molecular formula is C22H25N3O2. The van der Waals surface area contributed by atoms with E-state index in [0.29, 0.717) is 11.7 Å². The number of piperidine rings is 1. The van der Waals surface area contributed by atoms with Crippen molar-refractivity contribution in [2.45, 2.75) is 26.7 Å². The van der Waals surface area contributed by atoms with Crippen molar-refractivity contribution in [2.24, 2.45) is 5.92 Å². The highest BCUT2D eigenvalue weighted by Crippen LogP contribution is 2.34. The molecule has 27 heavy (non-hydrogen) atoms. The molecule has 1 N–H and O–H groups in total. The lowest BCUT2D eigenvalue weighted by Crippen LogP contribution is -2.35. The average Bonchev–Trinajstić information content (AvgIpc) is 2.66. The fraction of sp³-hybridized carbons (Fsp3) is 0.364. The summed E-state index contributed by atoms with van der Waals surface area (Å²) in [6.45, 7) is 6.12. The van der Waals surface area contributed by atoms with Crippen LogP contribution >= 0.6 is 0 Å². The molecule has 0 unspecified atom stereocenters. The van der Waals surface area contributed by atoms with Crippen LogP contribution in [0.4, 0.5) is 5.82 Å². The third-order valence-electron chi connectivity index (χ3n) is 5.32. The summed E-state index contributed by atoms with van der Waals surface area (Å²) in [4.78, 5) is 23.2. The van der Waals surface area contributed by atoms with Gasteiger partial charge in [0, 0.05) is 30.1 Å². The normalized spacial score (nSPS) is 17.3. The van der Waals surface area contributed by atoms with E-state index in [2.05, 4.69) is 28.9 Å². The monoisotopic (exact) mass is 363 g/mol. The highest BCUT2D eigenvalue weighted by Gasteiger charge is 2.22. The molecule has 0 amide bonds. The minimum absolute atomic E-state index is 0.116. The van der Waals surface area contributed by atoms with Gasteiger partial charge < -0.3 is 14.6 Å². The van der Waals surface area contributed by atoms with E-state index in [9.17, 15) is 4.79 Å². The topological polar surface area (TPSA) is 58.2 Å². The first-order chi connectivity index (χ1) is 13.1. The van der Waals surface area contributed by atoms with Crippen molar-refractivity contribution in [3.63, 3.8) is 0 Å². The van der Waals surface area contributed by atoms with Crippen LogP contribution in [0.2, 0.25) is 0 Å². The molecule has 3 aromatic rings. The van der Waals surface area contributed by atoms with Gasteiger partial charge in [0.15, 0.2) is 5.75 Å². The lowest BCUT2D eigenvalue weighted by Gasteiger charge is -2.33. The molecule has 140 valence electrons. The van der Waals surface area contributed by atoms with Gasteiger partial charge in [0.2, 0.25) is 5.43 Å². The van der Waals surface area contributed by atoms with Gasteiger partial charge in [0.25, 0.3) is 0 Å². The Hall–Kier alpha value is -2.82. The first-order valence-corrected chi connectivity index (χ1v) is 9.50. The van der Waals surface area contributed by atoms with Crippen LogP contribution in [0.5, 0.6) is 5.75 Å². The van der Waals surface area contributed by atoms with Gasteiger partial charge in [-0.15, -0.1) is 0 Å². The lowest BCUT2D eigenvalue weighted by atomic mass is 9.99. The molecule has 0 aliphatic carbocycles. The number of aromatic nitrogens is 2. The van der Waals surface area contributed by atoms with E-state index in [1.807, 2.05) is 25.1 Å². The SMILES string of the molecule is COc1c(C)[nH]c(-c2cc3ccccc3nc2N2CCC[C@@H](C)C2)cc1=O. The van der Waals surface area contributed by atoms with E-state index in [1.165, 1.54) is 13.5 Å². The number of fused-ring (bicyclic) bond motifs is 1. The van der Waals surface area contributed by atoms with Gasteiger partial charge in [-0.1, -0.05) is 25.1 Å². The summed E-state index contributed by atoms with van der Waals surface area (Å²) in [6, 6.07) is 11.9. The van der Waals surface area contributed by atoms with Crippen LogP contribution in [0.15, 0.2) is 41.2 Å². The highest BCUT2D eigenvalue weighted by molar-refractivity contribution is 5.89. The summed E-state index contributed by atoms with van der Waals surface area (Å²) in [6.07, 6.45) is 2.41. The zero-order chi connectivity index (χ0) is 19.0. The fourth-order valence-electron chi connectivity index (χ4n) is 4.00. The summed E-state index contributed by atoms with van der Waals surface area (Å²) in [5, 5.41) is 1.07. The number of pyridine rings is 2. The van der Waals surface area contributed by atoms with Crippen LogP contribution in [0, 0.1) is 12.8 Å². The second-order valence-electron chi connectivity index (χ2n) is 7.45. The van der Waals surface area contributed by atoms with Crippen LogP contribution in [-0.2, 0) is 0 Å². The maximum atomic E-state index is 12.5. The Bertz CT molecular complexity index is 1040. The number of hydrogen-bond acceptors (Lipinski definition) is 4. The largest absolute Gasteiger partial charge is 0.491 e. The van der Waals surface area contributed by atoms with Crippen LogP contribution in [0.3, 0.4) is 0 Å². The van der Waals surface area contributed by atoms with Gasteiger partial charge in [-0.05, 0) is 37.8 Å². The van der Waals surface area contributed by atoms with Crippen molar-refractivity contribution >= 4 is 16.7 Å². The van der Waals surface area contributed by atoms with Crippen molar-refractivity contribution in [2.75, 3.05) is 25.1 Å². The molecule has 0 spiro atoms. The third kappa shape index (κ3) is 3.29. The van der Waals surface area contributed by atoms with E-state index in [4.69, 9.17) is 9.72 Å². The van der Waals surface area contributed by atoms with Crippen LogP contribution < -0.4 is 15.1 Å². The van der Waals surface area contributed by atoms with Crippen LogP contribution in [0.1, 0.15) is 25.5 Å². The Morgan fingerprint density at radius 2 is 2.07 bits per heavy atom. The van der Waals surface area contributed by atoms with Crippen molar-refractivity contribution in [3.05, 3.63) is 52.3 Å². The van der Waals surface area contributed by atoms with Crippen molar-refractivity contribution < 1.29 is 4.74 Å². The molecule has 4 rings (SSSR count). The molecular weight excluding hydrogens is 338 g/mol. The molecule has 1 aliphatic rings. The van der Waals surface area contributed by atoms with Crippen molar-refractivity contribution in [1.29, 1.82) is 0 Å². The van der Waals surface area contributed by atoms with E-state index < -0.39 is 0 Å². The average molecular weight is 363 g/mol. The number of para-hydroxylation sites is 1. The first kappa shape index (κ1) is 17.6. The van der Waals surface area contributed by atoms with E-state index in [0.717, 1.165) is 53.2 Å². The number of aryl methyl sites for hydroxylation is 1. The molecule has 5 nitrogen and oxygen atoms in total. The maximum Gasteiger partial charge on any atom is 0.224 e. The number of anilines is 1. The predicted octanol–water partition coefficient (Wildman–Crippen LogP) is 4.14. The number of benzene rings is 1. The summed E-state index contributed by atoms with van der Waals surface area (Å²) >= 11 is 0. The number of H-pyrrole nitrogens is 1. The van der Waals surface area contributed by atoms with E-state index >= 15 is 0 Å². The smallest absolute Gasteiger partial charge is 0.224 e. The predicted molar refractivity (Wildman–Crippen MR) is 110 cm³/mol. The van der Waals surface area contributed by atoms with Crippen molar-refractivity contribution in [3.8, 4) is 17.0 Å². The van der Waals surface area contributed by atoms with Crippen LogP contribution in [-0.4, -0.2) is 30.2 Å². The lowest BCUT2D eigenvalue weighted by molar-refractivity contribution is 0.405. The first-order valence-electron chi connectivity index (χ1n) is 9.50. The van der Waals surface area contributed by atoms with Gasteiger partial charge in [-0.25, -0.2) is 4.98 Å². The highest BCUT2D eigenvalue weighted by atomic mass is 16.5. The molecule has 1 aliphatic heterocycles. The standard InChI is InChI=1S/C22H25N3O2/c1-14-7-6-10-25(13-14)22-17(11-16-8-4-5-9-18(16)24-22)19-12-20(26)21(27-3)15(2)23-19/h4-5,8-9,11-12,14H,6-7,10,13H2,1-3H3,(H,23,26)/t14-/m1/s1. The number of nitrogens with zero attached hydrogens (tertiary/aromatic N) is 2. The fourth-order valence-corrected chi connectivity index (χ4v) is 4.00. The van der Waals surface area contributed by atoms with Gasteiger partial charge in [-0.2, -0.15) is 0 Å². The van der Waals surface area contributed by atoms with Gasteiger partial charge in [0.05, 0.1) is 24.0 Å². The molecule has 3 heterocycles. The van der Waals surface area contributed by atoms with Gasteiger partial charge in [-0.3, -0.25) is 4.79 Å². The summed E-state index contributed by atoms with van der Waals surface area (Å²) in [5.74, 6) is 1.94. The number of ether oxygens (including phenoxy) is 1. The molecule has 1 fully saturated rings. The second-order valence-corrected chi connectivity index (χ2v) is 7.45. The molecule has 1 saturated heterocycles. The molecule has 5 heteroatoms. The van der Waals surface area contributed by atoms with E-state index in [1.54, 1.807) is 6.07 Å². The Labute approximate surface area is 159 Å². The zero-order valence-corrected chi connectivity index (χ0v) is 16.1. The third-order valence-corrected chi connectivity index (χ3v) is 5.32. The number of methoxy groups -OCH3 is 1. The quantitative estimate of drug-likeness (QED) is 0.760. The minimum Gasteiger partial charge on any atom is -0.491 e. The number of hydrogen-bond donors (Lipinski definition) is 1. The molecule has 0 bridgehead atoms. The van der Waals surface area contributed by atoms with E-state index in [-0.39, 0.29) is 5.43 Å². The number of aromatic amines is 1.